The lowest BCUT2D eigenvalue weighted by Crippen LogP contribution is -2.15. The number of ether oxygens (including phenoxy) is 2. The lowest BCUT2D eigenvalue weighted by Gasteiger charge is -2.05. The van der Waals surface area contributed by atoms with E-state index in [0.717, 1.165) is 11.3 Å². The van der Waals surface area contributed by atoms with Crippen LogP contribution < -0.4 is 5.32 Å². The molecule has 0 saturated carbocycles. The summed E-state index contributed by atoms with van der Waals surface area (Å²) in [6.07, 6.45) is 0. The Bertz CT molecular complexity index is 1130. The van der Waals surface area contributed by atoms with Crippen LogP contribution in [0, 0.1) is 6.92 Å². The average molecular weight is 444 g/mol. The van der Waals surface area contributed by atoms with Crippen molar-refractivity contribution in [2.45, 2.75) is 20.8 Å². The zero-order valence-corrected chi connectivity index (χ0v) is 17.9. The number of thiophene rings is 1. The Hall–Kier alpha value is -3.66. The molecule has 0 saturated heterocycles. The molecule has 0 aliphatic carbocycles. The standard InChI is InChI=1S/C21H20N2O7S/c1-4-28-20(26)16-11(3)17(21(27)29-5-2)31-19(16)22-18(25)13-10-15(30-23-13)12-8-6-7-9-14(12)24/h6-10,24H,4-5H2,1-3H3,(H,22,25). The van der Waals surface area contributed by atoms with Gasteiger partial charge in [-0.15, -0.1) is 11.3 Å². The molecule has 2 aromatic heterocycles. The van der Waals surface area contributed by atoms with Gasteiger partial charge in [-0.2, -0.15) is 0 Å². The number of para-hydroxylation sites is 1. The molecular formula is C21H20N2O7S. The Morgan fingerprint density at radius 2 is 1.81 bits per heavy atom. The van der Waals surface area contributed by atoms with E-state index < -0.39 is 17.8 Å². The van der Waals surface area contributed by atoms with Crippen LogP contribution in [0.4, 0.5) is 5.00 Å². The molecule has 1 amide bonds. The van der Waals surface area contributed by atoms with Crippen LogP contribution >= 0.6 is 11.3 Å². The normalized spacial score (nSPS) is 10.5. The summed E-state index contributed by atoms with van der Waals surface area (Å²) in [5.41, 5.74) is 0.731. The van der Waals surface area contributed by atoms with Gasteiger partial charge in [0.15, 0.2) is 11.5 Å². The Labute approximate surface area is 181 Å². The first-order valence-corrected chi connectivity index (χ1v) is 10.2. The summed E-state index contributed by atoms with van der Waals surface area (Å²) in [6.45, 7) is 5.20. The summed E-state index contributed by atoms with van der Waals surface area (Å²) >= 11 is 0.911. The second-order valence-electron chi connectivity index (χ2n) is 6.25. The van der Waals surface area contributed by atoms with Gasteiger partial charge >= 0.3 is 11.9 Å². The van der Waals surface area contributed by atoms with Gasteiger partial charge in [0.2, 0.25) is 0 Å². The highest BCUT2D eigenvalue weighted by molar-refractivity contribution is 7.18. The minimum absolute atomic E-state index is 0.0248. The van der Waals surface area contributed by atoms with Crippen LogP contribution in [0.3, 0.4) is 0 Å². The van der Waals surface area contributed by atoms with Crippen LogP contribution in [-0.2, 0) is 9.47 Å². The van der Waals surface area contributed by atoms with Gasteiger partial charge in [0.05, 0.1) is 24.3 Å². The first-order chi connectivity index (χ1) is 14.9. The van der Waals surface area contributed by atoms with Crippen LogP contribution in [0.5, 0.6) is 5.75 Å². The molecule has 0 fully saturated rings. The molecule has 0 spiro atoms. The van der Waals surface area contributed by atoms with Crippen LogP contribution in [0.2, 0.25) is 0 Å². The van der Waals surface area contributed by atoms with Crippen molar-refractivity contribution in [3.63, 3.8) is 0 Å². The molecule has 0 radical (unpaired) electrons. The van der Waals surface area contributed by atoms with Crippen LogP contribution in [0.15, 0.2) is 34.9 Å². The lowest BCUT2D eigenvalue weighted by atomic mass is 10.1. The van der Waals surface area contributed by atoms with Gasteiger partial charge in [0.25, 0.3) is 5.91 Å². The summed E-state index contributed by atoms with van der Waals surface area (Å²) in [6, 6.07) is 7.81. The highest BCUT2D eigenvalue weighted by Crippen LogP contribution is 2.35. The third kappa shape index (κ3) is 4.58. The molecule has 0 aliphatic heterocycles. The average Bonchev–Trinajstić information content (AvgIpc) is 3.34. The van der Waals surface area contributed by atoms with Crippen molar-refractivity contribution in [2.75, 3.05) is 18.5 Å². The van der Waals surface area contributed by atoms with Crippen molar-refractivity contribution in [1.82, 2.24) is 5.16 Å². The molecule has 0 bridgehead atoms. The molecule has 31 heavy (non-hydrogen) atoms. The first-order valence-electron chi connectivity index (χ1n) is 9.41. The van der Waals surface area contributed by atoms with Crippen molar-refractivity contribution in [3.05, 3.63) is 52.0 Å². The van der Waals surface area contributed by atoms with E-state index in [9.17, 15) is 19.5 Å². The van der Waals surface area contributed by atoms with Gasteiger partial charge in [-0.1, -0.05) is 17.3 Å². The SMILES string of the molecule is CCOC(=O)c1sc(NC(=O)c2cc(-c3ccccc3O)on2)c(C(=O)OCC)c1C. The lowest BCUT2D eigenvalue weighted by molar-refractivity contribution is 0.0527. The van der Waals surface area contributed by atoms with Gasteiger partial charge in [-0.25, -0.2) is 9.59 Å². The number of esters is 2. The number of carbonyl (C=O) groups excluding carboxylic acids is 3. The summed E-state index contributed by atoms with van der Waals surface area (Å²) in [7, 11) is 0. The summed E-state index contributed by atoms with van der Waals surface area (Å²) in [4.78, 5) is 37.6. The fourth-order valence-corrected chi connectivity index (χ4v) is 3.88. The number of benzene rings is 1. The van der Waals surface area contributed by atoms with Crippen molar-refractivity contribution in [3.8, 4) is 17.1 Å². The molecule has 3 rings (SSSR count). The number of rotatable bonds is 7. The Morgan fingerprint density at radius 3 is 2.48 bits per heavy atom. The smallest absolute Gasteiger partial charge is 0.348 e. The number of nitrogens with zero attached hydrogens (tertiary/aromatic N) is 1. The highest BCUT2D eigenvalue weighted by Gasteiger charge is 2.28. The predicted molar refractivity (Wildman–Crippen MR) is 113 cm³/mol. The number of aromatic nitrogens is 1. The molecule has 0 aliphatic rings. The number of anilines is 1. The van der Waals surface area contributed by atoms with Crippen molar-refractivity contribution in [2.24, 2.45) is 0 Å². The maximum atomic E-state index is 12.7. The van der Waals surface area contributed by atoms with E-state index in [1.165, 1.54) is 12.1 Å². The Kier molecular flexibility index (Phi) is 6.71. The van der Waals surface area contributed by atoms with E-state index in [2.05, 4.69) is 10.5 Å². The molecule has 10 heteroatoms. The van der Waals surface area contributed by atoms with Gasteiger partial charge in [-0.3, -0.25) is 4.79 Å². The minimum atomic E-state index is -0.669. The van der Waals surface area contributed by atoms with E-state index in [-0.39, 0.29) is 45.9 Å². The molecular weight excluding hydrogens is 424 g/mol. The number of carbonyl (C=O) groups is 3. The third-order valence-electron chi connectivity index (χ3n) is 4.23. The van der Waals surface area contributed by atoms with Gasteiger partial charge in [0.1, 0.15) is 15.6 Å². The number of hydrogen-bond acceptors (Lipinski definition) is 9. The highest BCUT2D eigenvalue weighted by atomic mass is 32.1. The summed E-state index contributed by atoms with van der Waals surface area (Å²) in [5.74, 6) is -1.75. The molecule has 0 atom stereocenters. The molecule has 2 N–H and O–H groups in total. The zero-order valence-electron chi connectivity index (χ0n) is 17.1. The number of aromatic hydroxyl groups is 1. The van der Waals surface area contributed by atoms with Gasteiger partial charge in [0, 0.05) is 6.07 Å². The van der Waals surface area contributed by atoms with E-state index in [0.29, 0.717) is 11.1 Å². The van der Waals surface area contributed by atoms with E-state index in [1.807, 2.05) is 0 Å². The van der Waals surface area contributed by atoms with E-state index in [1.54, 1.807) is 39.0 Å². The van der Waals surface area contributed by atoms with Crippen molar-refractivity contribution in [1.29, 1.82) is 0 Å². The predicted octanol–water partition coefficient (Wildman–Crippen LogP) is 4.02. The van der Waals surface area contributed by atoms with Gasteiger partial charge < -0.3 is 24.4 Å². The number of phenolic OH excluding ortho intramolecular Hbond substituents is 1. The molecule has 2 heterocycles. The number of hydrogen-bond donors (Lipinski definition) is 2. The van der Waals surface area contributed by atoms with Crippen molar-refractivity contribution < 1.29 is 33.5 Å². The van der Waals surface area contributed by atoms with E-state index in [4.69, 9.17) is 14.0 Å². The fraction of sp³-hybridized carbons (Fsp3) is 0.238. The van der Waals surface area contributed by atoms with Gasteiger partial charge in [-0.05, 0) is 38.5 Å². The quantitative estimate of drug-likeness (QED) is 0.523. The maximum absolute atomic E-state index is 12.7. The fourth-order valence-electron chi connectivity index (χ4n) is 2.80. The zero-order chi connectivity index (χ0) is 22.5. The first kappa shape index (κ1) is 22.0. The van der Waals surface area contributed by atoms with Crippen LogP contribution in [0.25, 0.3) is 11.3 Å². The van der Waals surface area contributed by atoms with Crippen LogP contribution in [-0.4, -0.2) is 41.3 Å². The molecule has 0 unspecified atom stereocenters. The second-order valence-corrected chi connectivity index (χ2v) is 7.27. The molecule has 3 aromatic rings. The molecule has 1 aromatic carbocycles. The second kappa shape index (κ2) is 9.43. The Morgan fingerprint density at radius 1 is 1.13 bits per heavy atom. The minimum Gasteiger partial charge on any atom is -0.507 e. The molecule has 162 valence electrons. The number of nitrogens with one attached hydrogen (secondary N) is 1. The number of amides is 1. The third-order valence-corrected chi connectivity index (χ3v) is 5.41. The number of phenols is 1. The summed E-state index contributed by atoms with van der Waals surface area (Å²) < 4.78 is 15.3. The Balaban J connectivity index is 1.92. The topological polar surface area (TPSA) is 128 Å². The van der Waals surface area contributed by atoms with Crippen LogP contribution in [0.1, 0.15) is 49.9 Å². The largest absolute Gasteiger partial charge is 0.507 e. The molecule has 9 nitrogen and oxygen atoms in total. The summed E-state index contributed by atoms with van der Waals surface area (Å²) in [5, 5.41) is 16.4. The van der Waals surface area contributed by atoms with Crippen molar-refractivity contribution >= 4 is 34.2 Å². The van der Waals surface area contributed by atoms with E-state index >= 15 is 0 Å². The maximum Gasteiger partial charge on any atom is 0.348 e. The monoisotopic (exact) mass is 444 g/mol.